The predicted molar refractivity (Wildman–Crippen MR) is 75.2 cm³/mol. The van der Waals surface area contributed by atoms with E-state index in [0.717, 1.165) is 32.4 Å². The molecule has 1 rings (SSSR count). The second kappa shape index (κ2) is 7.43. The molecule has 1 aliphatic heterocycles. The Morgan fingerprint density at radius 3 is 2.72 bits per heavy atom. The first-order valence-corrected chi connectivity index (χ1v) is 8.37. The Morgan fingerprint density at radius 2 is 2.17 bits per heavy atom. The molecule has 0 bridgehead atoms. The monoisotopic (exact) mass is 277 g/mol. The van der Waals surface area contributed by atoms with E-state index in [2.05, 4.69) is 35.8 Å². The molecule has 0 aromatic heterocycles. The average molecular weight is 277 g/mol. The average Bonchev–Trinajstić information content (AvgIpc) is 2.35. The summed E-state index contributed by atoms with van der Waals surface area (Å²) in [6, 6.07) is 0.504. The summed E-state index contributed by atoms with van der Waals surface area (Å²) >= 11 is 0. The Morgan fingerprint density at radius 1 is 1.44 bits per heavy atom. The van der Waals surface area contributed by atoms with E-state index >= 15 is 0 Å². The molecule has 0 aromatic rings. The first kappa shape index (κ1) is 15.9. The lowest BCUT2D eigenvalue weighted by atomic mass is 10.2. The van der Waals surface area contributed by atoms with Crippen molar-refractivity contribution in [3.8, 4) is 0 Å². The van der Waals surface area contributed by atoms with Crippen LogP contribution in [0.25, 0.3) is 0 Å². The summed E-state index contributed by atoms with van der Waals surface area (Å²) in [6.07, 6.45) is 2.57. The number of rotatable bonds is 7. The molecule has 1 aliphatic rings. The molecule has 0 spiro atoms. The molecular formula is C12H27N3O2S. The highest BCUT2D eigenvalue weighted by molar-refractivity contribution is 7.90. The standard InChI is InChI=1S/C12H27N3O2S/c1-11(2)15(3)9-5-8-14-18(16,17)12-6-4-7-13-10-12/h11-14H,4-10H2,1-3H3. The number of hydrogen-bond donors (Lipinski definition) is 2. The first-order valence-electron chi connectivity index (χ1n) is 6.83. The van der Waals surface area contributed by atoms with Gasteiger partial charge in [-0.2, -0.15) is 0 Å². The summed E-state index contributed by atoms with van der Waals surface area (Å²) in [7, 11) is -1.07. The van der Waals surface area contributed by atoms with Crippen LogP contribution in [0.3, 0.4) is 0 Å². The molecule has 6 heteroatoms. The molecule has 0 aromatic carbocycles. The normalized spacial score (nSPS) is 21.7. The van der Waals surface area contributed by atoms with Crippen LogP contribution in [0.4, 0.5) is 0 Å². The van der Waals surface area contributed by atoms with E-state index in [1.54, 1.807) is 0 Å². The second-order valence-corrected chi connectivity index (χ2v) is 7.38. The predicted octanol–water partition coefficient (Wildman–Crippen LogP) is 0.388. The molecule has 0 saturated carbocycles. The van der Waals surface area contributed by atoms with Crippen molar-refractivity contribution in [1.82, 2.24) is 14.9 Å². The van der Waals surface area contributed by atoms with Gasteiger partial charge < -0.3 is 10.2 Å². The van der Waals surface area contributed by atoms with Crippen molar-refractivity contribution in [2.24, 2.45) is 0 Å². The van der Waals surface area contributed by atoms with Gasteiger partial charge in [0.1, 0.15) is 0 Å². The van der Waals surface area contributed by atoms with Crippen molar-refractivity contribution in [2.75, 3.05) is 33.2 Å². The van der Waals surface area contributed by atoms with Crippen LogP contribution in [0.2, 0.25) is 0 Å². The molecule has 1 atom stereocenters. The number of piperidine rings is 1. The Bertz CT molecular complexity index is 324. The van der Waals surface area contributed by atoms with Crippen LogP contribution in [-0.2, 0) is 10.0 Å². The Hall–Kier alpha value is -0.170. The van der Waals surface area contributed by atoms with Crippen LogP contribution in [0.1, 0.15) is 33.1 Å². The SMILES string of the molecule is CC(C)N(C)CCCNS(=O)(=O)C1CCCNC1. The number of nitrogens with one attached hydrogen (secondary N) is 2. The highest BCUT2D eigenvalue weighted by atomic mass is 32.2. The highest BCUT2D eigenvalue weighted by Crippen LogP contribution is 2.10. The second-order valence-electron chi connectivity index (χ2n) is 5.34. The van der Waals surface area contributed by atoms with Crippen molar-refractivity contribution in [3.63, 3.8) is 0 Å². The molecule has 1 unspecified atom stereocenters. The molecular weight excluding hydrogens is 250 g/mol. The van der Waals surface area contributed by atoms with Gasteiger partial charge in [0.15, 0.2) is 0 Å². The molecule has 0 amide bonds. The van der Waals surface area contributed by atoms with E-state index in [1.807, 2.05) is 0 Å². The van der Waals surface area contributed by atoms with Gasteiger partial charge >= 0.3 is 0 Å². The zero-order valence-corrected chi connectivity index (χ0v) is 12.6. The molecule has 108 valence electrons. The van der Waals surface area contributed by atoms with Crippen LogP contribution in [0, 0.1) is 0 Å². The molecule has 1 saturated heterocycles. The van der Waals surface area contributed by atoms with E-state index in [1.165, 1.54) is 0 Å². The lowest BCUT2D eigenvalue weighted by Crippen LogP contribution is -2.44. The van der Waals surface area contributed by atoms with Crippen molar-refractivity contribution in [1.29, 1.82) is 0 Å². The van der Waals surface area contributed by atoms with Crippen LogP contribution < -0.4 is 10.0 Å². The van der Waals surface area contributed by atoms with E-state index in [-0.39, 0.29) is 5.25 Å². The topological polar surface area (TPSA) is 61.4 Å². The van der Waals surface area contributed by atoms with Crippen LogP contribution >= 0.6 is 0 Å². The van der Waals surface area contributed by atoms with Crippen LogP contribution in [-0.4, -0.2) is 57.8 Å². The van der Waals surface area contributed by atoms with Crippen molar-refractivity contribution in [3.05, 3.63) is 0 Å². The molecule has 2 N–H and O–H groups in total. The maximum absolute atomic E-state index is 12.0. The van der Waals surface area contributed by atoms with Gasteiger partial charge in [-0.15, -0.1) is 0 Å². The fraction of sp³-hybridized carbons (Fsp3) is 1.00. The molecule has 0 aliphatic carbocycles. The van der Waals surface area contributed by atoms with Gasteiger partial charge in [-0.1, -0.05) is 0 Å². The maximum atomic E-state index is 12.0. The molecule has 5 nitrogen and oxygen atoms in total. The zero-order chi connectivity index (χ0) is 13.6. The molecule has 1 heterocycles. The minimum Gasteiger partial charge on any atom is -0.315 e. The van der Waals surface area contributed by atoms with Gasteiger partial charge in [0.2, 0.25) is 10.0 Å². The van der Waals surface area contributed by atoms with Gasteiger partial charge in [-0.3, -0.25) is 0 Å². The van der Waals surface area contributed by atoms with Gasteiger partial charge in [-0.05, 0) is 53.2 Å². The lowest BCUT2D eigenvalue weighted by molar-refractivity contribution is 0.271. The van der Waals surface area contributed by atoms with Crippen molar-refractivity contribution >= 4 is 10.0 Å². The largest absolute Gasteiger partial charge is 0.315 e. The smallest absolute Gasteiger partial charge is 0.215 e. The zero-order valence-electron chi connectivity index (χ0n) is 11.8. The fourth-order valence-electron chi connectivity index (χ4n) is 2.00. The highest BCUT2D eigenvalue weighted by Gasteiger charge is 2.26. The molecule has 0 radical (unpaired) electrons. The lowest BCUT2D eigenvalue weighted by Gasteiger charge is -2.24. The summed E-state index contributed by atoms with van der Waals surface area (Å²) in [4.78, 5) is 2.22. The molecule has 18 heavy (non-hydrogen) atoms. The summed E-state index contributed by atoms with van der Waals surface area (Å²) in [5, 5.41) is 2.88. The van der Waals surface area contributed by atoms with Crippen molar-refractivity contribution in [2.45, 2.75) is 44.4 Å². The molecule has 1 fully saturated rings. The van der Waals surface area contributed by atoms with Gasteiger partial charge in [0.05, 0.1) is 5.25 Å². The number of hydrogen-bond acceptors (Lipinski definition) is 4. The van der Waals surface area contributed by atoms with E-state index in [0.29, 0.717) is 19.1 Å². The van der Waals surface area contributed by atoms with Crippen molar-refractivity contribution < 1.29 is 8.42 Å². The third-order valence-corrected chi connectivity index (χ3v) is 5.45. The Balaban J connectivity index is 2.25. The fourth-order valence-corrected chi connectivity index (χ4v) is 3.48. The van der Waals surface area contributed by atoms with Gasteiger partial charge in [0.25, 0.3) is 0 Å². The minimum atomic E-state index is -3.13. The minimum absolute atomic E-state index is 0.255. The Labute approximate surface area is 111 Å². The van der Waals surface area contributed by atoms with Crippen LogP contribution in [0.5, 0.6) is 0 Å². The maximum Gasteiger partial charge on any atom is 0.215 e. The van der Waals surface area contributed by atoms with Crippen LogP contribution in [0.15, 0.2) is 0 Å². The third-order valence-electron chi connectivity index (χ3n) is 3.56. The van der Waals surface area contributed by atoms with E-state index in [4.69, 9.17) is 0 Å². The summed E-state index contributed by atoms with van der Waals surface area (Å²) < 4.78 is 26.7. The summed E-state index contributed by atoms with van der Waals surface area (Å²) in [6.45, 7) is 7.25. The first-order chi connectivity index (χ1) is 8.43. The van der Waals surface area contributed by atoms with E-state index < -0.39 is 10.0 Å². The van der Waals surface area contributed by atoms with Gasteiger partial charge in [0, 0.05) is 19.1 Å². The van der Waals surface area contributed by atoms with Gasteiger partial charge in [-0.25, -0.2) is 13.1 Å². The number of sulfonamides is 1. The summed E-state index contributed by atoms with van der Waals surface area (Å²) in [5.41, 5.74) is 0. The summed E-state index contributed by atoms with van der Waals surface area (Å²) in [5.74, 6) is 0. The Kier molecular flexibility index (Phi) is 6.55. The number of nitrogens with zero attached hydrogens (tertiary/aromatic N) is 1. The quantitative estimate of drug-likeness (QED) is 0.661. The van der Waals surface area contributed by atoms with E-state index in [9.17, 15) is 8.42 Å². The third kappa shape index (κ3) is 5.22.